The van der Waals surface area contributed by atoms with Crippen LogP contribution in [-0.2, 0) is 4.84 Å². The van der Waals surface area contributed by atoms with Crippen LogP contribution in [0.2, 0.25) is 0 Å². The van der Waals surface area contributed by atoms with Gasteiger partial charge in [-0.05, 0) is 30.7 Å². The van der Waals surface area contributed by atoms with E-state index in [2.05, 4.69) is 15.7 Å². The van der Waals surface area contributed by atoms with Gasteiger partial charge in [0.05, 0.1) is 29.1 Å². The van der Waals surface area contributed by atoms with Crippen LogP contribution < -0.4 is 21.3 Å². The van der Waals surface area contributed by atoms with Crippen LogP contribution in [0, 0.1) is 11.8 Å². The first-order valence-electron chi connectivity index (χ1n) is 6.62. The number of methoxy groups -OCH3 is 1. The summed E-state index contributed by atoms with van der Waals surface area (Å²) in [5.41, 5.74) is 15.6. The quantitative estimate of drug-likeness (QED) is 0.561. The molecule has 7 nitrogen and oxygen atoms in total. The second kappa shape index (κ2) is 6.66. The zero-order chi connectivity index (χ0) is 16.1. The van der Waals surface area contributed by atoms with Crippen molar-refractivity contribution in [1.29, 1.82) is 0 Å². The number of hydrogen-bond donors (Lipinski definition) is 3. The highest BCUT2D eigenvalue weighted by atomic mass is 16.8. The lowest BCUT2D eigenvalue weighted by atomic mass is 10.1. The van der Waals surface area contributed by atoms with Crippen LogP contribution in [0.15, 0.2) is 36.4 Å². The van der Waals surface area contributed by atoms with Crippen molar-refractivity contribution in [2.24, 2.45) is 0 Å². The summed E-state index contributed by atoms with van der Waals surface area (Å²) >= 11 is 0. The maximum absolute atomic E-state index is 11.3. The molecule has 2 aromatic rings. The van der Waals surface area contributed by atoms with Crippen molar-refractivity contribution in [3.8, 4) is 5.75 Å². The number of aryl methyl sites for hydroxylation is 1. The largest absolute Gasteiger partial charge is 0.495 e. The number of rotatable bonds is 6. The van der Waals surface area contributed by atoms with Crippen LogP contribution in [0.5, 0.6) is 5.75 Å². The molecule has 22 heavy (non-hydrogen) atoms. The summed E-state index contributed by atoms with van der Waals surface area (Å²) in [6.45, 7) is 1.94. The molecule has 4 N–H and O–H groups in total. The monoisotopic (exact) mass is 303 g/mol. The highest BCUT2D eigenvalue weighted by molar-refractivity contribution is 5.67. The predicted octanol–water partition coefficient (Wildman–Crippen LogP) is 3.00. The molecule has 0 amide bonds. The van der Waals surface area contributed by atoms with Crippen molar-refractivity contribution in [1.82, 2.24) is 0 Å². The van der Waals surface area contributed by atoms with Crippen LogP contribution in [0.3, 0.4) is 0 Å². The topological polar surface area (TPSA) is 88.6 Å². The van der Waals surface area contributed by atoms with Crippen LogP contribution in [-0.4, -0.2) is 19.1 Å². The summed E-state index contributed by atoms with van der Waals surface area (Å²) in [4.78, 5) is 16.3. The molecule has 2 aromatic carbocycles. The SMILES string of the molecule is COc1cc(NNc2ccc([N+](=O)OC)cc2)c(C)cc1N. The van der Waals surface area contributed by atoms with E-state index in [9.17, 15) is 4.91 Å². The molecule has 0 bridgehead atoms. The first-order valence-corrected chi connectivity index (χ1v) is 6.62. The number of hydrogen-bond acceptors (Lipinski definition) is 6. The van der Waals surface area contributed by atoms with Crippen LogP contribution in [0.4, 0.5) is 22.7 Å². The van der Waals surface area contributed by atoms with E-state index in [0.29, 0.717) is 22.0 Å². The molecule has 7 heteroatoms. The van der Waals surface area contributed by atoms with Crippen LogP contribution in [0.25, 0.3) is 0 Å². The Labute approximate surface area is 128 Å². The molecule has 0 aliphatic carbocycles. The Morgan fingerprint density at radius 2 is 1.77 bits per heavy atom. The third-order valence-electron chi connectivity index (χ3n) is 3.16. The molecule has 0 aliphatic rings. The van der Waals surface area contributed by atoms with E-state index in [4.69, 9.17) is 10.5 Å². The molecule has 2 rings (SSSR count). The highest BCUT2D eigenvalue weighted by Crippen LogP contribution is 2.28. The second-order valence-electron chi connectivity index (χ2n) is 4.65. The summed E-state index contributed by atoms with van der Waals surface area (Å²) in [5.74, 6) is 0.604. The Bertz CT molecular complexity index is 671. The molecule has 0 saturated heterocycles. The number of ether oxygens (including phenoxy) is 1. The van der Waals surface area contributed by atoms with E-state index in [1.807, 2.05) is 19.1 Å². The lowest BCUT2D eigenvalue weighted by Crippen LogP contribution is -2.10. The minimum Gasteiger partial charge on any atom is -0.495 e. The molecule has 0 saturated carbocycles. The minimum atomic E-state index is 0.415. The Balaban J connectivity index is 2.08. The number of nitrogen functional groups attached to an aromatic ring is 1. The highest BCUT2D eigenvalue weighted by Gasteiger charge is 2.12. The standard InChI is InChI=1S/C15H19N4O3/c1-10-8-13(16)15(21-2)9-14(10)18-17-11-4-6-12(7-5-11)19(20)22-3/h4-9,17-18H,16H2,1-3H3/q+1. The first-order chi connectivity index (χ1) is 10.5. The second-order valence-corrected chi connectivity index (χ2v) is 4.65. The molecular weight excluding hydrogens is 284 g/mol. The van der Waals surface area contributed by atoms with Crippen LogP contribution in [0.1, 0.15) is 5.56 Å². The zero-order valence-electron chi connectivity index (χ0n) is 12.7. The van der Waals surface area contributed by atoms with Crippen molar-refractivity contribution in [2.45, 2.75) is 6.92 Å². The maximum Gasteiger partial charge on any atom is 0.316 e. The fourth-order valence-electron chi connectivity index (χ4n) is 1.93. The third kappa shape index (κ3) is 3.38. The summed E-state index contributed by atoms with van der Waals surface area (Å²) in [6, 6.07) is 10.5. The van der Waals surface area contributed by atoms with E-state index in [1.54, 1.807) is 31.4 Å². The number of nitrogens with one attached hydrogen (secondary N) is 2. The summed E-state index contributed by atoms with van der Waals surface area (Å²) in [6.07, 6.45) is 0. The molecule has 0 radical (unpaired) electrons. The van der Waals surface area contributed by atoms with Gasteiger partial charge in [0.25, 0.3) is 4.92 Å². The van der Waals surface area contributed by atoms with E-state index in [-0.39, 0.29) is 0 Å². The van der Waals surface area contributed by atoms with E-state index >= 15 is 0 Å². The molecule has 0 fully saturated rings. The summed E-state index contributed by atoms with van der Waals surface area (Å²) in [5, 5.41) is 0. The predicted molar refractivity (Wildman–Crippen MR) is 86.1 cm³/mol. The number of anilines is 3. The molecule has 0 aromatic heterocycles. The Kier molecular flexibility index (Phi) is 4.67. The van der Waals surface area contributed by atoms with Gasteiger partial charge >= 0.3 is 5.69 Å². The fraction of sp³-hybridized carbons (Fsp3) is 0.200. The first kappa shape index (κ1) is 15.4. The Hall–Kier alpha value is -2.96. The zero-order valence-corrected chi connectivity index (χ0v) is 12.7. The number of hydrazine groups is 1. The van der Waals surface area contributed by atoms with Crippen molar-refractivity contribution < 1.29 is 14.5 Å². The van der Waals surface area contributed by atoms with Gasteiger partial charge in [0.1, 0.15) is 5.75 Å². The molecule has 0 unspecified atom stereocenters. The average Bonchev–Trinajstić information content (AvgIpc) is 2.54. The molecular formula is C15H19N4O3+. The van der Waals surface area contributed by atoms with E-state index < -0.39 is 0 Å². The van der Waals surface area contributed by atoms with Gasteiger partial charge in [-0.15, -0.1) is 0 Å². The van der Waals surface area contributed by atoms with Crippen molar-refractivity contribution in [3.05, 3.63) is 46.9 Å². The summed E-state index contributed by atoms with van der Waals surface area (Å²) in [7, 11) is 2.89. The fourth-order valence-corrected chi connectivity index (χ4v) is 1.93. The van der Waals surface area contributed by atoms with Gasteiger partial charge in [-0.3, -0.25) is 0 Å². The van der Waals surface area contributed by atoms with E-state index in [1.165, 1.54) is 7.11 Å². The van der Waals surface area contributed by atoms with Gasteiger partial charge < -0.3 is 21.3 Å². The Morgan fingerprint density at radius 3 is 2.36 bits per heavy atom. The average molecular weight is 303 g/mol. The molecule has 0 atom stereocenters. The van der Waals surface area contributed by atoms with Crippen molar-refractivity contribution >= 4 is 22.7 Å². The van der Waals surface area contributed by atoms with Gasteiger partial charge in [0.2, 0.25) is 0 Å². The van der Waals surface area contributed by atoms with E-state index in [0.717, 1.165) is 16.9 Å². The molecule has 0 aliphatic heterocycles. The normalized spacial score (nSPS) is 9.95. The van der Waals surface area contributed by atoms with Crippen LogP contribution >= 0.6 is 0 Å². The molecule has 116 valence electrons. The maximum atomic E-state index is 11.3. The minimum absolute atomic E-state index is 0.415. The van der Waals surface area contributed by atoms with Gasteiger partial charge in [0, 0.05) is 18.2 Å². The van der Waals surface area contributed by atoms with Crippen molar-refractivity contribution in [2.75, 3.05) is 30.8 Å². The third-order valence-corrected chi connectivity index (χ3v) is 3.16. The van der Waals surface area contributed by atoms with Gasteiger partial charge in [-0.1, -0.05) is 0 Å². The lowest BCUT2D eigenvalue weighted by Gasteiger charge is -2.14. The lowest BCUT2D eigenvalue weighted by molar-refractivity contribution is -0.736. The number of nitrogens with zero attached hydrogens (tertiary/aromatic N) is 1. The smallest absolute Gasteiger partial charge is 0.316 e. The van der Waals surface area contributed by atoms with Gasteiger partial charge in [0.15, 0.2) is 7.11 Å². The molecule has 0 heterocycles. The molecule has 0 spiro atoms. The van der Waals surface area contributed by atoms with Gasteiger partial charge in [-0.25, -0.2) is 4.84 Å². The van der Waals surface area contributed by atoms with Crippen molar-refractivity contribution in [3.63, 3.8) is 0 Å². The number of benzene rings is 2. The number of nitrogens with two attached hydrogens (primary N) is 1. The Morgan fingerprint density at radius 1 is 1.09 bits per heavy atom. The van der Waals surface area contributed by atoms with Gasteiger partial charge in [-0.2, -0.15) is 0 Å². The summed E-state index contributed by atoms with van der Waals surface area (Å²) < 4.78 is 5.20.